The van der Waals surface area contributed by atoms with Crippen molar-refractivity contribution in [3.8, 4) is 0 Å². The van der Waals surface area contributed by atoms with Gasteiger partial charge in [0.25, 0.3) is 0 Å². The first kappa shape index (κ1) is 13.6. The van der Waals surface area contributed by atoms with E-state index in [0.717, 1.165) is 18.5 Å². The Morgan fingerprint density at radius 3 is 2.55 bits per heavy atom. The molecule has 3 rings (SSSR count). The number of likely N-dealkylation sites (N-methyl/N-ethyl adjacent to an activating group) is 1. The lowest BCUT2D eigenvalue weighted by atomic mass is 9.89. The van der Waals surface area contributed by atoms with Gasteiger partial charge < -0.3 is 10.0 Å². The molecule has 1 aromatic rings. The van der Waals surface area contributed by atoms with Gasteiger partial charge in [0.15, 0.2) is 0 Å². The second-order valence-corrected chi connectivity index (χ2v) is 6.00. The fraction of sp³-hybridized carbons (Fsp3) is 0.562. The number of amides is 1. The smallest absolute Gasteiger partial charge is 0.241 e. The summed E-state index contributed by atoms with van der Waals surface area (Å²) in [5, 5.41) is 10.3. The van der Waals surface area contributed by atoms with E-state index in [2.05, 4.69) is 0 Å². The fourth-order valence-electron chi connectivity index (χ4n) is 3.11. The van der Waals surface area contributed by atoms with E-state index in [1.165, 1.54) is 0 Å². The lowest BCUT2D eigenvalue weighted by molar-refractivity contribution is -0.134. The van der Waals surface area contributed by atoms with Crippen LogP contribution in [-0.4, -0.2) is 47.7 Å². The molecule has 1 aliphatic heterocycles. The Kier molecular flexibility index (Phi) is 3.52. The Morgan fingerprint density at radius 1 is 1.35 bits per heavy atom. The molecule has 0 unspecified atom stereocenters. The van der Waals surface area contributed by atoms with Crippen molar-refractivity contribution < 1.29 is 9.90 Å². The highest BCUT2D eigenvalue weighted by molar-refractivity contribution is 5.94. The van der Waals surface area contributed by atoms with Crippen LogP contribution in [0.4, 0.5) is 5.69 Å². The third-order valence-electron chi connectivity index (χ3n) is 4.38. The third kappa shape index (κ3) is 2.58. The molecule has 0 radical (unpaired) electrons. The van der Waals surface area contributed by atoms with E-state index in [-0.39, 0.29) is 5.91 Å². The summed E-state index contributed by atoms with van der Waals surface area (Å²) in [6.07, 6.45) is 2.28. The molecule has 20 heavy (non-hydrogen) atoms. The Labute approximate surface area is 120 Å². The Balaban J connectivity index is 1.56. The minimum Gasteiger partial charge on any atom is -0.387 e. The second-order valence-electron chi connectivity index (χ2n) is 6.00. The maximum absolute atomic E-state index is 12.4. The van der Waals surface area contributed by atoms with Crippen molar-refractivity contribution in [3.05, 3.63) is 30.3 Å². The van der Waals surface area contributed by atoms with Crippen LogP contribution in [0.2, 0.25) is 0 Å². The van der Waals surface area contributed by atoms with Gasteiger partial charge in [-0.1, -0.05) is 18.2 Å². The monoisotopic (exact) mass is 274 g/mol. The first-order valence-corrected chi connectivity index (χ1v) is 7.42. The van der Waals surface area contributed by atoms with Gasteiger partial charge in [-0.3, -0.25) is 9.69 Å². The summed E-state index contributed by atoms with van der Waals surface area (Å²) in [7, 11) is 0. The molecule has 2 fully saturated rings. The molecule has 108 valence electrons. The number of benzene rings is 1. The molecule has 2 aliphatic rings. The number of aliphatic hydroxyl groups is 1. The molecule has 0 spiro atoms. The van der Waals surface area contributed by atoms with Gasteiger partial charge in [-0.15, -0.1) is 0 Å². The summed E-state index contributed by atoms with van der Waals surface area (Å²) < 4.78 is 0. The van der Waals surface area contributed by atoms with E-state index >= 15 is 0 Å². The molecule has 0 aromatic heterocycles. The molecular formula is C16H22N2O2. The lowest BCUT2D eigenvalue weighted by Gasteiger charge is -2.47. The molecule has 1 aromatic carbocycles. The summed E-state index contributed by atoms with van der Waals surface area (Å²) in [5.41, 5.74) is 0.433. The standard InChI is InChI=1S/C16H22N2O2/c1-2-18(14-6-4-3-5-7-14)15(19)10-17-11-16(20,12-17)13-8-9-13/h3-7,13,20H,2,8-12H2,1H3. The topological polar surface area (TPSA) is 43.8 Å². The first-order valence-electron chi connectivity index (χ1n) is 7.42. The number of rotatable bonds is 5. The van der Waals surface area contributed by atoms with Gasteiger partial charge in [0.2, 0.25) is 5.91 Å². The van der Waals surface area contributed by atoms with Crippen LogP contribution in [0.25, 0.3) is 0 Å². The van der Waals surface area contributed by atoms with Crippen LogP contribution in [0, 0.1) is 5.92 Å². The quantitative estimate of drug-likeness (QED) is 0.885. The number of para-hydroxylation sites is 1. The van der Waals surface area contributed by atoms with Crippen molar-refractivity contribution in [3.63, 3.8) is 0 Å². The normalized spacial score (nSPS) is 21.3. The highest BCUT2D eigenvalue weighted by Gasteiger charge is 2.52. The van der Waals surface area contributed by atoms with Gasteiger partial charge in [-0.05, 0) is 37.8 Å². The van der Waals surface area contributed by atoms with Gasteiger partial charge in [-0.25, -0.2) is 0 Å². The number of nitrogens with zero attached hydrogens (tertiary/aromatic N) is 2. The molecule has 1 saturated carbocycles. The number of hydrogen-bond donors (Lipinski definition) is 1. The molecular weight excluding hydrogens is 252 g/mol. The summed E-state index contributed by atoms with van der Waals surface area (Å²) in [4.78, 5) is 16.2. The largest absolute Gasteiger partial charge is 0.387 e. The van der Waals surface area contributed by atoms with E-state index in [1.807, 2.05) is 42.2 Å². The van der Waals surface area contributed by atoms with Crippen molar-refractivity contribution in [1.29, 1.82) is 0 Å². The minimum atomic E-state index is -0.510. The van der Waals surface area contributed by atoms with Gasteiger partial charge in [-0.2, -0.15) is 0 Å². The molecule has 1 heterocycles. The van der Waals surface area contributed by atoms with Crippen LogP contribution in [0.1, 0.15) is 19.8 Å². The average molecular weight is 274 g/mol. The van der Waals surface area contributed by atoms with Gasteiger partial charge in [0.1, 0.15) is 0 Å². The molecule has 0 bridgehead atoms. The van der Waals surface area contributed by atoms with E-state index in [4.69, 9.17) is 0 Å². The Bertz CT molecular complexity index is 479. The predicted octanol–water partition coefficient (Wildman–Crippen LogP) is 1.50. The number of anilines is 1. The van der Waals surface area contributed by atoms with Crippen LogP contribution >= 0.6 is 0 Å². The van der Waals surface area contributed by atoms with Crippen LogP contribution in [0.3, 0.4) is 0 Å². The van der Waals surface area contributed by atoms with E-state index in [9.17, 15) is 9.90 Å². The zero-order valence-corrected chi connectivity index (χ0v) is 12.0. The maximum Gasteiger partial charge on any atom is 0.241 e. The summed E-state index contributed by atoms with van der Waals surface area (Å²) >= 11 is 0. The third-order valence-corrected chi connectivity index (χ3v) is 4.38. The van der Waals surface area contributed by atoms with Crippen molar-refractivity contribution in [1.82, 2.24) is 4.90 Å². The summed E-state index contributed by atoms with van der Waals surface area (Å²) in [6, 6.07) is 9.75. The van der Waals surface area contributed by atoms with Crippen molar-refractivity contribution in [2.75, 3.05) is 31.1 Å². The minimum absolute atomic E-state index is 0.108. The van der Waals surface area contributed by atoms with Crippen LogP contribution < -0.4 is 4.90 Å². The maximum atomic E-state index is 12.4. The van der Waals surface area contributed by atoms with Gasteiger partial charge in [0.05, 0.1) is 12.1 Å². The van der Waals surface area contributed by atoms with Crippen LogP contribution in [-0.2, 0) is 4.79 Å². The number of likely N-dealkylation sites (tertiary alicyclic amines) is 1. The highest BCUT2D eigenvalue weighted by Crippen LogP contribution is 2.44. The second kappa shape index (κ2) is 5.19. The lowest BCUT2D eigenvalue weighted by Crippen LogP contribution is -2.64. The zero-order valence-electron chi connectivity index (χ0n) is 12.0. The summed E-state index contributed by atoms with van der Waals surface area (Å²) in [6.45, 7) is 4.36. The average Bonchev–Trinajstić information content (AvgIpc) is 3.23. The molecule has 1 amide bonds. The SMILES string of the molecule is CCN(C(=O)CN1CC(O)(C2CC2)C1)c1ccccc1. The molecule has 1 saturated heterocycles. The van der Waals surface area contributed by atoms with Crippen molar-refractivity contribution in [2.45, 2.75) is 25.4 Å². The number of β-amino-alcohol motifs (C(OH)–C–C–N with tert-alkyl or cyclic N) is 1. The highest BCUT2D eigenvalue weighted by atomic mass is 16.3. The number of carbonyl (C=O) groups is 1. The molecule has 4 heteroatoms. The van der Waals surface area contributed by atoms with E-state index in [0.29, 0.717) is 32.1 Å². The van der Waals surface area contributed by atoms with Crippen molar-refractivity contribution in [2.24, 2.45) is 5.92 Å². The van der Waals surface area contributed by atoms with Crippen LogP contribution in [0.15, 0.2) is 30.3 Å². The fourth-order valence-corrected chi connectivity index (χ4v) is 3.11. The Hall–Kier alpha value is -1.39. The molecule has 0 atom stereocenters. The molecule has 1 N–H and O–H groups in total. The van der Waals surface area contributed by atoms with E-state index < -0.39 is 5.60 Å². The predicted molar refractivity (Wildman–Crippen MR) is 78.6 cm³/mol. The number of carbonyl (C=O) groups excluding carboxylic acids is 1. The number of hydrogen-bond acceptors (Lipinski definition) is 3. The molecule has 1 aliphatic carbocycles. The molecule has 4 nitrogen and oxygen atoms in total. The van der Waals surface area contributed by atoms with Gasteiger partial charge in [0, 0.05) is 25.3 Å². The summed E-state index contributed by atoms with van der Waals surface area (Å²) in [5.74, 6) is 0.585. The van der Waals surface area contributed by atoms with Crippen molar-refractivity contribution >= 4 is 11.6 Å². The van der Waals surface area contributed by atoms with Gasteiger partial charge >= 0.3 is 0 Å². The zero-order chi connectivity index (χ0) is 14.2. The Morgan fingerprint density at radius 2 is 2.00 bits per heavy atom. The first-order chi connectivity index (χ1) is 9.62. The van der Waals surface area contributed by atoms with E-state index in [1.54, 1.807) is 4.90 Å². The van der Waals surface area contributed by atoms with Crippen LogP contribution in [0.5, 0.6) is 0 Å².